The van der Waals surface area contributed by atoms with Crippen molar-refractivity contribution in [3.05, 3.63) is 53.1 Å². The lowest BCUT2D eigenvalue weighted by Gasteiger charge is -2.19. The van der Waals surface area contributed by atoms with Gasteiger partial charge < -0.3 is 19.9 Å². The van der Waals surface area contributed by atoms with Crippen LogP contribution in [0.1, 0.15) is 42.4 Å². The maximum Gasteiger partial charge on any atom is 0.231 e. The standard InChI is InChI=1S/C20H25NO3/c1-13(2)14-4-6-18(22-3)16(8-14)9-17(11-21)15-5-7-19-20(10-15)24-12-23-19/h4-8,10,13,17H,9,11-12,21H2,1-3H3. The van der Waals surface area contributed by atoms with Gasteiger partial charge in [0.25, 0.3) is 0 Å². The van der Waals surface area contributed by atoms with Crippen LogP contribution in [0.4, 0.5) is 0 Å². The summed E-state index contributed by atoms with van der Waals surface area (Å²) in [5.74, 6) is 3.20. The largest absolute Gasteiger partial charge is 0.496 e. The van der Waals surface area contributed by atoms with E-state index in [2.05, 4.69) is 38.1 Å². The molecule has 0 spiro atoms. The lowest BCUT2D eigenvalue weighted by atomic mass is 9.89. The molecule has 0 amide bonds. The number of rotatable bonds is 6. The van der Waals surface area contributed by atoms with Crippen molar-refractivity contribution in [3.8, 4) is 17.2 Å². The Balaban J connectivity index is 1.88. The Hall–Kier alpha value is -2.20. The first-order valence-electron chi connectivity index (χ1n) is 8.38. The fourth-order valence-corrected chi connectivity index (χ4v) is 3.09. The van der Waals surface area contributed by atoms with E-state index < -0.39 is 0 Å². The van der Waals surface area contributed by atoms with Crippen molar-refractivity contribution in [1.82, 2.24) is 0 Å². The van der Waals surface area contributed by atoms with Crippen molar-refractivity contribution < 1.29 is 14.2 Å². The molecular formula is C20H25NO3. The van der Waals surface area contributed by atoms with Gasteiger partial charge in [-0.05, 0) is 53.8 Å². The second kappa shape index (κ2) is 7.14. The van der Waals surface area contributed by atoms with Crippen LogP contribution in [-0.4, -0.2) is 20.4 Å². The Bertz CT molecular complexity index is 712. The van der Waals surface area contributed by atoms with Crippen LogP contribution in [0.3, 0.4) is 0 Å². The lowest BCUT2D eigenvalue weighted by Crippen LogP contribution is -2.15. The van der Waals surface area contributed by atoms with Crippen LogP contribution in [0.5, 0.6) is 17.2 Å². The van der Waals surface area contributed by atoms with Crippen molar-refractivity contribution in [2.45, 2.75) is 32.1 Å². The average molecular weight is 327 g/mol. The zero-order valence-electron chi connectivity index (χ0n) is 14.5. The number of fused-ring (bicyclic) bond motifs is 1. The van der Waals surface area contributed by atoms with Gasteiger partial charge in [0.1, 0.15) is 5.75 Å². The van der Waals surface area contributed by atoms with Crippen LogP contribution in [0.15, 0.2) is 36.4 Å². The minimum Gasteiger partial charge on any atom is -0.496 e. The van der Waals surface area contributed by atoms with Crippen LogP contribution >= 0.6 is 0 Å². The molecule has 1 heterocycles. The highest BCUT2D eigenvalue weighted by Gasteiger charge is 2.19. The van der Waals surface area contributed by atoms with Crippen molar-refractivity contribution in [3.63, 3.8) is 0 Å². The van der Waals surface area contributed by atoms with E-state index in [9.17, 15) is 0 Å². The van der Waals surface area contributed by atoms with E-state index in [0.29, 0.717) is 12.5 Å². The molecule has 1 unspecified atom stereocenters. The monoisotopic (exact) mass is 327 g/mol. The van der Waals surface area contributed by atoms with Gasteiger partial charge in [0, 0.05) is 5.92 Å². The molecule has 24 heavy (non-hydrogen) atoms. The number of methoxy groups -OCH3 is 1. The van der Waals surface area contributed by atoms with Crippen molar-refractivity contribution in [1.29, 1.82) is 0 Å². The molecule has 4 heteroatoms. The summed E-state index contributed by atoms with van der Waals surface area (Å²) in [5, 5.41) is 0. The third-order valence-electron chi connectivity index (χ3n) is 4.59. The number of hydrogen-bond donors (Lipinski definition) is 1. The normalized spacial score (nSPS) is 14.0. The molecule has 3 rings (SSSR count). The fourth-order valence-electron chi connectivity index (χ4n) is 3.09. The number of ether oxygens (including phenoxy) is 3. The summed E-state index contributed by atoms with van der Waals surface area (Å²) in [7, 11) is 1.71. The van der Waals surface area contributed by atoms with Crippen molar-refractivity contribution in [2.24, 2.45) is 5.73 Å². The summed E-state index contributed by atoms with van der Waals surface area (Å²) in [6.45, 7) is 5.25. The number of nitrogens with two attached hydrogens (primary N) is 1. The molecule has 2 aromatic rings. The maximum atomic E-state index is 6.07. The second-order valence-corrected chi connectivity index (χ2v) is 6.48. The van der Waals surface area contributed by atoms with E-state index in [0.717, 1.165) is 23.7 Å². The molecule has 0 fully saturated rings. The Morgan fingerprint density at radius 1 is 1.04 bits per heavy atom. The van der Waals surface area contributed by atoms with Gasteiger partial charge >= 0.3 is 0 Å². The molecule has 2 N–H and O–H groups in total. The predicted octanol–water partition coefficient (Wildman–Crippen LogP) is 3.83. The minimum atomic E-state index is 0.204. The summed E-state index contributed by atoms with van der Waals surface area (Å²) < 4.78 is 16.4. The summed E-state index contributed by atoms with van der Waals surface area (Å²) in [5.41, 5.74) is 9.74. The maximum absolute atomic E-state index is 6.07. The van der Waals surface area contributed by atoms with Crippen LogP contribution < -0.4 is 19.9 Å². The van der Waals surface area contributed by atoms with Gasteiger partial charge in [0.15, 0.2) is 11.5 Å². The highest BCUT2D eigenvalue weighted by molar-refractivity contribution is 5.46. The Morgan fingerprint density at radius 3 is 2.50 bits per heavy atom. The van der Waals surface area contributed by atoms with Gasteiger partial charge in [-0.1, -0.05) is 32.0 Å². The molecule has 128 valence electrons. The molecule has 0 aromatic heterocycles. The third kappa shape index (κ3) is 3.34. The molecule has 0 radical (unpaired) electrons. The zero-order valence-corrected chi connectivity index (χ0v) is 14.5. The molecule has 0 saturated carbocycles. The van der Waals surface area contributed by atoms with E-state index in [-0.39, 0.29) is 12.7 Å². The van der Waals surface area contributed by atoms with Crippen LogP contribution in [0.2, 0.25) is 0 Å². The van der Waals surface area contributed by atoms with E-state index in [4.69, 9.17) is 19.9 Å². The molecule has 1 aliphatic rings. The third-order valence-corrected chi connectivity index (χ3v) is 4.59. The van der Waals surface area contributed by atoms with Crippen molar-refractivity contribution in [2.75, 3.05) is 20.4 Å². The summed E-state index contributed by atoms with van der Waals surface area (Å²) >= 11 is 0. The Labute approximate surface area is 143 Å². The first kappa shape index (κ1) is 16.7. The molecule has 2 aromatic carbocycles. The summed E-state index contributed by atoms with van der Waals surface area (Å²) in [4.78, 5) is 0. The zero-order chi connectivity index (χ0) is 17.1. The second-order valence-electron chi connectivity index (χ2n) is 6.48. The predicted molar refractivity (Wildman–Crippen MR) is 95.1 cm³/mol. The highest BCUT2D eigenvalue weighted by Crippen LogP contribution is 2.36. The lowest BCUT2D eigenvalue weighted by molar-refractivity contribution is 0.174. The number of hydrogen-bond acceptors (Lipinski definition) is 4. The number of benzene rings is 2. The quantitative estimate of drug-likeness (QED) is 0.876. The van der Waals surface area contributed by atoms with Crippen LogP contribution in [0.25, 0.3) is 0 Å². The Morgan fingerprint density at radius 2 is 1.79 bits per heavy atom. The van der Waals surface area contributed by atoms with E-state index >= 15 is 0 Å². The van der Waals surface area contributed by atoms with Gasteiger partial charge in [0.2, 0.25) is 6.79 Å². The van der Waals surface area contributed by atoms with E-state index in [1.807, 2.05) is 12.1 Å². The smallest absolute Gasteiger partial charge is 0.231 e. The van der Waals surface area contributed by atoms with Crippen LogP contribution in [0, 0.1) is 0 Å². The molecular weight excluding hydrogens is 302 g/mol. The van der Waals surface area contributed by atoms with Gasteiger partial charge in [-0.2, -0.15) is 0 Å². The van der Waals surface area contributed by atoms with Gasteiger partial charge in [-0.3, -0.25) is 0 Å². The molecule has 4 nitrogen and oxygen atoms in total. The fraction of sp³-hybridized carbons (Fsp3) is 0.400. The molecule has 0 saturated heterocycles. The first-order valence-corrected chi connectivity index (χ1v) is 8.38. The highest BCUT2D eigenvalue weighted by atomic mass is 16.7. The summed E-state index contributed by atoms with van der Waals surface area (Å²) in [6.07, 6.45) is 0.833. The summed E-state index contributed by atoms with van der Waals surface area (Å²) in [6, 6.07) is 12.5. The molecule has 0 bridgehead atoms. The van der Waals surface area contributed by atoms with E-state index in [1.165, 1.54) is 16.7 Å². The average Bonchev–Trinajstić information content (AvgIpc) is 3.07. The molecule has 1 atom stereocenters. The first-order chi connectivity index (χ1) is 11.6. The van der Waals surface area contributed by atoms with Crippen LogP contribution in [-0.2, 0) is 6.42 Å². The topological polar surface area (TPSA) is 53.7 Å². The van der Waals surface area contributed by atoms with Crippen molar-refractivity contribution >= 4 is 0 Å². The van der Waals surface area contributed by atoms with E-state index in [1.54, 1.807) is 7.11 Å². The van der Waals surface area contributed by atoms with Gasteiger partial charge in [0.05, 0.1) is 7.11 Å². The van der Waals surface area contributed by atoms with Gasteiger partial charge in [-0.25, -0.2) is 0 Å². The molecule has 1 aliphatic heterocycles. The Kier molecular flexibility index (Phi) is 4.95. The van der Waals surface area contributed by atoms with Gasteiger partial charge in [-0.15, -0.1) is 0 Å². The SMILES string of the molecule is COc1ccc(C(C)C)cc1CC(CN)c1ccc2c(c1)OCO2. The minimum absolute atomic E-state index is 0.204. The molecule has 0 aliphatic carbocycles.